The van der Waals surface area contributed by atoms with Crippen LogP contribution in [0.25, 0.3) is 11.1 Å². The molecule has 0 aliphatic heterocycles. The maximum atomic E-state index is 5.87. The van der Waals surface area contributed by atoms with Gasteiger partial charge in [-0.3, -0.25) is 0 Å². The number of hydrogen-bond acceptors (Lipinski definition) is 1. The molecular weight excluding hydrogens is 328 g/mol. The summed E-state index contributed by atoms with van der Waals surface area (Å²) in [6, 6.07) is 37.9. The minimum Gasteiger partial charge on any atom is -0.489 e. The molecule has 0 heterocycles. The van der Waals surface area contributed by atoms with Gasteiger partial charge in [-0.2, -0.15) is 0 Å². The van der Waals surface area contributed by atoms with Gasteiger partial charge in [0.05, 0.1) is 0 Å². The molecule has 0 atom stereocenters. The lowest BCUT2D eigenvalue weighted by molar-refractivity contribution is 0.306. The van der Waals surface area contributed by atoms with Gasteiger partial charge in [-0.05, 0) is 46.4 Å². The fraction of sp³-hybridized carbons (Fsp3) is 0.0769. The summed E-state index contributed by atoms with van der Waals surface area (Å²) in [6.07, 6.45) is 0.966. The summed E-state index contributed by atoms with van der Waals surface area (Å²) in [4.78, 5) is 0. The van der Waals surface area contributed by atoms with Gasteiger partial charge in [0.2, 0.25) is 0 Å². The van der Waals surface area contributed by atoms with Crippen molar-refractivity contribution in [2.45, 2.75) is 13.0 Å². The third-order valence-corrected chi connectivity index (χ3v) is 4.64. The molecule has 0 bridgehead atoms. The third kappa shape index (κ3) is 4.65. The van der Waals surface area contributed by atoms with Crippen molar-refractivity contribution >= 4 is 0 Å². The van der Waals surface area contributed by atoms with Crippen LogP contribution in [0.1, 0.15) is 16.7 Å². The highest BCUT2D eigenvalue weighted by molar-refractivity contribution is 5.64. The Morgan fingerprint density at radius 3 is 1.52 bits per heavy atom. The molecule has 0 aliphatic carbocycles. The van der Waals surface area contributed by atoms with Crippen LogP contribution in [0, 0.1) is 0 Å². The molecule has 27 heavy (non-hydrogen) atoms. The SMILES string of the molecule is c1ccc(COc2ccc(-c3ccc(Cc4ccccc4)cc3)cc2)cc1. The van der Waals surface area contributed by atoms with Crippen LogP contribution in [0.5, 0.6) is 5.75 Å². The molecule has 1 nitrogen and oxygen atoms in total. The molecule has 4 aromatic carbocycles. The van der Waals surface area contributed by atoms with Crippen molar-refractivity contribution in [3.05, 3.63) is 126 Å². The lowest BCUT2D eigenvalue weighted by Crippen LogP contribution is -1.94. The zero-order chi connectivity index (χ0) is 18.3. The molecule has 1 heteroatoms. The van der Waals surface area contributed by atoms with Gasteiger partial charge < -0.3 is 4.74 Å². The molecule has 0 saturated carbocycles. The molecule has 0 radical (unpaired) electrons. The largest absolute Gasteiger partial charge is 0.489 e. The maximum absolute atomic E-state index is 5.87. The zero-order valence-electron chi connectivity index (χ0n) is 15.2. The Kier molecular flexibility index (Phi) is 5.31. The smallest absolute Gasteiger partial charge is 0.119 e. The average Bonchev–Trinajstić information content (AvgIpc) is 2.75. The molecule has 0 unspecified atom stereocenters. The number of rotatable bonds is 6. The average molecular weight is 350 g/mol. The Hall–Kier alpha value is -3.32. The minimum atomic E-state index is 0.592. The van der Waals surface area contributed by atoms with Gasteiger partial charge in [0.1, 0.15) is 12.4 Å². The molecule has 0 spiro atoms. The van der Waals surface area contributed by atoms with Crippen LogP contribution in [-0.2, 0) is 13.0 Å². The molecule has 0 fully saturated rings. The van der Waals surface area contributed by atoms with E-state index in [1.54, 1.807) is 0 Å². The number of ether oxygens (including phenoxy) is 1. The van der Waals surface area contributed by atoms with Crippen molar-refractivity contribution in [2.75, 3.05) is 0 Å². The van der Waals surface area contributed by atoms with Crippen molar-refractivity contribution in [1.29, 1.82) is 0 Å². The van der Waals surface area contributed by atoms with E-state index in [-0.39, 0.29) is 0 Å². The Morgan fingerprint density at radius 2 is 0.926 bits per heavy atom. The molecule has 0 saturated heterocycles. The quantitative estimate of drug-likeness (QED) is 0.384. The Morgan fingerprint density at radius 1 is 0.444 bits per heavy atom. The monoisotopic (exact) mass is 350 g/mol. The topological polar surface area (TPSA) is 9.23 Å². The van der Waals surface area contributed by atoms with Gasteiger partial charge in [-0.25, -0.2) is 0 Å². The summed E-state index contributed by atoms with van der Waals surface area (Å²) >= 11 is 0. The summed E-state index contributed by atoms with van der Waals surface area (Å²) in [5, 5.41) is 0. The first kappa shape index (κ1) is 17.1. The fourth-order valence-corrected chi connectivity index (χ4v) is 3.13. The van der Waals surface area contributed by atoms with Crippen molar-refractivity contribution < 1.29 is 4.74 Å². The van der Waals surface area contributed by atoms with E-state index in [9.17, 15) is 0 Å². The number of benzene rings is 4. The van der Waals surface area contributed by atoms with Gasteiger partial charge >= 0.3 is 0 Å². The predicted octanol–water partition coefficient (Wildman–Crippen LogP) is 6.52. The highest BCUT2D eigenvalue weighted by Crippen LogP contribution is 2.24. The zero-order valence-corrected chi connectivity index (χ0v) is 15.2. The third-order valence-electron chi connectivity index (χ3n) is 4.64. The molecule has 0 N–H and O–H groups in total. The van der Waals surface area contributed by atoms with Gasteiger partial charge in [-0.15, -0.1) is 0 Å². The standard InChI is InChI=1S/C26H22O/c1-3-7-21(8-4-1)19-22-11-13-24(14-12-22)25-15-17-26(18-16-25)27-20-23-9-5-2-6-10-23/h1-18H,19-20H2. The minimum absolute atomic E-state index is 0.592. The maximum Gasteiger partial charge on any atom is 0.119 e. The molecule has 0 aromatic heterocycles. The van der Waals surface area contributed by atoms with E-state index in [1.165, 1.54) is 27.8 Å². The van der Waals surface area contributed by atoms with Crippen LogP contribution in [0.2, 0.25) is 0 Å². The summed E-state index contributed by atoms with van der Waals surface area (Å²) < 4.78 is 5.87. The predicted molar refractivity (Wildman–Crippen MR) is 112 cm³/mol. The van der Waals surface area contributed by atoms with Crippen LogP contribution in [0.15, 0.2) is 109 Å². The Bertz CT molecular complexity index is 956. The number of hydrogen-bond donors (Lipinski definition) is 0. The van der Waals surface area contributed by atoms with Crippen LogP contribution in [0.4, 0.5) is 0 Å². The van der Waals surface area contributed by atoms with Crippen LogP contribution in [0.3, 0.4) is 0 Å². The second-order valence-corrected chi connectivity index (χ2v) is 6.66. The van der Waals surface area contributed by atoms with E-state index in [0.717, 1.165) is 12.2 Å². The highest BCUT2D eigenvalue weighted by atomic mass is 16.5. The molecule has 0 amide bonds. The van der Waals surface area contributed by atoms with E-state index >= 15 is 0 Å². The Labute approximate surface area is 160 Å². The summed E-state index contributed by atoms with van der Waals surface area (Å²) in [5.41, 5.74) is 6.27. The lowest BCUT2D eigenvalue weighted by Gasteiger charge is -2.08. The Balaban J connectivity index is 1.39. The second-order valence-electron chi connectivity index (χ2n) is 6.66. The van der Waals surface area contributed by atoms with Crippen molar-refractivity contribution in [1.82, 2.24) is 0 Å². The molecule has 4 rings (SSSR count). The van der Waals surface area contributed by atoms with Gasteiger partial charge in [0, 0.05) is 0 Å². The summed E-state index contributed by atoms with van der Waals surface area (Å²) in [6.45, 7) is 0.592. The van der Waals surface area contributed by atoms with Gasteiger partial charge in [0.25, 0.3) is 0 Å². The molecular formula is C26H22O. The molecule has 132 valence electrons. The highest BCUT2D eigenvalue weighted by Gasteiger charge is 2.01. The normalized spacial score (nSPS) is 10.5. The first-order valence-corrected chi connectivity index (χ1v) is 9.27. The second kappa shape index (κ2) is 8.37. The van der Waals surface area contributed by atoms with Gasteiger partial charge in [-0.1, -0.05) is 97.1 Å². The van der Waals surface area contributed by atoms with Crippen molar-refractivity contribution in [3.63, 3.8) is 0 Å². The summed E-state index contributed by atoms with van der Waals surface area (Å²) in [7, 11) is 0. The first-order valence-electron chi connectivity index (χ1n) is 9.27. The molecule has 4 aromatic rings. The summed E-state index contributed by atoms with van der Waals surface area (Å²) in [5.74, 6) is 0.892. The lowest BCUT2D eigenvalue weighted by atomic mass is 10.0. The van der Waals surface area contributed by atoms with E-state index in [1.807, 2.05) is 30.3 Å². The first-order chi connectivity index (χ1) is 13.4. The van der Waals surface area contributed by atoms with Crippen LogP contribution < -0.4 is 4.74 Å². The van der Waals surface area contributed by atoms with Crippen molar-refractivity contribution in [2.24, 2.45) is 0 Å². The van der Waals surface area contributed by atoms with Crippen LogP contribution in [-0.4, -0.2) is 0 Å². The van der Waals surface area contributed by atoms with E-state index in [4.69, 9.17) is 4.74 Å². The van der Waals surface area contributed by atoms with Gasteiger partial charge in [0.15, 0.2) is 0 Å². The fourth-order valence-electron chi connectivity index (χ4n) is 3.13. The molecule has 0 aliphatic rings. The van der Waals surface area contributed by atoms with Crippen molar-refractivity contribution in [3.8, 4) is 16.9 Å². The van der Waals surface area contributed by atoms with E-state index in [2.05, 4.69) is 78.9 Å². The van der Waals surface area contributed by atoms with Crippen LogP contribution >= 0.6 is 0 Å². The van der Waals surface area contributed by atoms with E-state index in [0.29, 0.717) is 6.61 Å². The van der Waals surface area contributed by atoms with E-state index < -0.39 is 0 Å².